The minimum Gasteiger partial charge on any atom is -0.400 e. The highest BCUT2D eigenvalue weighted by molar-refractivity contribution is 5.98. The lowest BCUT2D eigenvalue weighted by Gasteiger charge is -2.11. The van der Waals surface area contributed by atoms with Crippen molar-refractivity contribution in [2.24, 2.45) is 5.16 Å². The van der Waals surface area contributed by atoms with Gasteiger partial charge in [-0.2, -0.15) is 0 Å². The lowest BCUT2D eigenvalue weighted by molar-refractivity contribution is -0.109. The summed E-state index contributed by atoms with van der Waals surface area (Å²) in [6.45, 7) is 7.17. The Balaban J connectivity index is 0.00000191. The molecule has 1 atom stereocenters. The van der Waals surface area contributed by atoms with Crippen molar-refractivity contribution in [1.82, 2.24) is 5.32 Å². The van der Waals surface area contributed by atoms with Crippen LogP contribution < -0.4 is 5.32 Å². The fraction of sp³-hybridized carbons (Fsp3) is 0.500. The van der Waals surface area contributed by atoms with Gasteiger partial charge in [-0.1, -0.05) is 36.3 Å². The number of aliphatic hydroxyl groups excluding tert-OH is 1. The van der Waals surface area contributed by atoms with Gasteiger partial charge in [-0.15, -0.1) is 0 Å². The maximum absolute atomic E-state index is 10.9. The minimum atomic E-state index is -0.117. The zero-order valence-corrected chi connectivity index (χ0v) is 13.3. The number of hydrogen-bond donors (Lipinski definition) is 2. The maximum Gasteiger partial charge on any atom is 0.137 e. The second-order valence-electron chi connectivity index (χ2n) is 4.30. The Morgan fingerprint density at radius 3 is 2.43 bits per heavy atom. The van der Waals surface area contributed by atoms with Crippen LogP contribution in [0.5, 0.6) is 0 Å². The fourth-order valence-corrected chi connectivity index (χ4v) is 1.78. The largest absolute Gasteiger partial charge is 0.400 e. The van der Waals surface area contributed by atoms with Crippen molar-refractivity contribution in [2.75, 3.05) is 20.3 Å². The fourth-order valence-electron chi connectivity index (χ4n) is 1.78. The summed E-state index contributed by atoms with van der Waals surface area (Å²) in [6.07, 6.45) is 1.67. The summed E-state index contributed by atoms with van der Waals surface area (Å²) in [4.78, 5) is 15.9. The van der Waals surface area contributed by atoms with Crippen LogP contribution in [0.4, 0.5) is 0 Å². The number of aliphatic hydroxyl groups is 1. The van der Waals surface area contributed by atoms with Crippen LogP contribution in [0, 0.1) is 0 Å². The van der Waals surface area contributed by atoms with Crippen LogP contribution in [0.15, 0.2) is 29.4 Å². The zero-order valence-electron chi connectivity index (χ0n) is 13.3. The molecule has 0 spiro atoms. The Morgan fingerprint density at radius 2 is 1.95 bits per heavy atom. The van der Waals surface area contributed by atoms with Gasteiger partial charge in [-0.25, -0.2) is 0 Å². The maximum atomic E-state index is 10.9. The number of likely N-dealkylation sites (N-methyl/N-ethyl adjacent to an activating group) is 1. The third-order valence-electron chi connectivity index (χ3n) is 2.79. The van der Waals surface area contributed by atoms with Crippen molar-refractivity contribution in [3.05, 3.63) is 35.4 Å². The molecular weight excluding hydrogens is 268 g/mol. The van der Waals surface area contributed by atoms with E-state index < -0.39 is 0 Å². The van der Waals surface area contributed by atoms with E-state index in [-0.39, 0.29) is 6.04 Å². The predicted molar refractivity (Wildman–Crippen MR) is 85.7 cm³/mol. The summed E-state index contributed by atoms with van der Waals surface area (Å²) in [5.41, 5.74) is 3.02. The Bertz CT molecular complexity index is 416. The van der Waals surface area contributed by atoms with Crippen LogP contribution in [0.1, 0.15) is 31.9 Å². The molecule has 0 aliphatic carbocycles. The number of oxime groups is 1. The van der Waals surface area contributed by atoms with Crippen molar-refractivity contribution >= 4 is 12.0 Å². The molecule has 21 heavy (non-hydrogen) atoms. The van der Waals surface area contributed by atoms with Crippen molar-refractivity contribution < 1.29 is 14.7 Å². The van der Waals surface area contributed by atoms with E-state index in [2.05, 4.69) is 10.5 Å². The van der Waals surface area contributed by atoms with Crippen LogP contribution in [-0.2, 0) is 16.1 Å². The molecule has 0 heterocycles. The van der Waals surface area contributed by atoms with E-state index in [1.807, 2.05) is 45.0 Å². The van der Waals surface area contributed by atoms with Gasteiger partial charge in [0.1, 0.15) is 12.9 Å². The lowest BCUT2D eigenvalue weighted by atomic mass is 10.0. The molecule has 5 nitrogen and oxygen atoms in total. The van der Waals surface area contributed by atoms with Gasteiger partial charge in [0.25, 0.3) is 0 Å². The molecule has 1 aromatic carbocycles. The Kier molecular flexibility index (Phi) is 11.1. The second-order valence-corrected chi connectivity index (χ2v) is 4.30. The first kappa shape index (κ1) is 19.3. The van der Waals surface area contributed by atoms with Crippen molar-refractivity contribution in [3.8, 4) is 0 Å². The number of carbonyl (C=O) groups is 1. The predicted octanol–water partition coefficient (Wildman–Crippen LogP) is 1.78. The van der Waals surface area contributed by atoms with Crippen LogP contribution in [0.25, 0.3) is 0 Å². The normalized spacial score (nSPS) is 12.1. The number of nitrogens with one attached hydrogen (secondary N) is 1. The highest BCUT2D eigenvalue weighted by atomic mass is 16.6. The second kappa shape index (κ2) is 12.1. The van der Waals surface area contributed by atoms with Gasteiger partial charge in [0.15, 0.2) is 0 Å². The number of carbonyl (C=O) groups excluding carboxylic acids is 1. The first-order valence-electron chi connectivity index (χ1n) is 7.10. The van der Waals surface area contributed by atoms with Crippen molar-refractivity contribution in [2.45, 2.75) is 33.2 Å². The average Bonchev–Trinajstić information content (AvgIpc) is 2.54. The highest BCUT2D eigenvalue weighted by Gasteiger charge is 2.07. The molecule has 0 amide bonds. The third-order valence-corrected chi connectivity index (χ3v) is 2.79. The Hall–Kier alpha value is -1.72. The van der Waals surface area contributed by atoms with E-state index in [9.17, 15) is 4.79 Å². The molecule has 5 heteroatoms. The molecule has 1 rings (SSSR count). The molecule has 0 fully saturated rings. The molecule has 118 valence electrons. The molecule has 1 unspecified atom stereocenters. The monoisotopic (exact) mass is 294 g/mol. The average molecular weight is 294 g/mol. The summed E-state index contributed by atoms with van der Waals surface area (Å²) >= 11 is 0. The molecule has 0 aromatic heterocycles. The molecule has 0 radical (unpaired) electrons. The molecule has 0 saturated carbocycles. The van der Waals surface area contributed by atoms with Gasteiger partial charge < -0.3 is 20.1 Å². The summed E-state index contributed by atoms with van der Waals surface area (Å²) in [5.74, 6) is 0. The van der Waals surface area contributed by atoms with Crippen LogP contribution >= 0.6 is 0 Å². The molecule has 0 saturated heterocycles. The van der Waals surface area contributed by atoms with E-state index >= 15 is 0 Å². The molecule has 1 aromatic rings. The number of rotatable bonds is 8. The van der Waals surface area contributed by atoms with E-state index in [1.165, 1.54) is 0 Å². The first-order valence-corrected chi connectivity index (χ1v) is 7.10. The van der Waals surface area contributed by atoms with Gasteiger partial charge >= 0.3 is 0 Å². The minimum absolute atomic E-state index is 0.117. The van der Waals surface area contributed by atoms with Crippen LogP contribution in [0.2, 0.25) is 0 Å². The third kappa shape index (κ3) is 7.58. The van der Waals surface area contributed by atoms with E-state index in [4.69, 9.17) is 9.94 Å². The van der Waals surface area contributed by atoms with Gasteiger partial charge in [0.05, 0.1) is 11.8 Å². The summed E-state index contributed by atoms with van der Waals surface area (Å²) in [6, 6.07) is 7.93. The lowest BCUT2D eigenvalue weighted by Crippen LogP contribution is -2.32. The molecule has 2 N–H and O–H groups in total. The number of hydrogen-bond acceptors (Lipinski definition) is 5. The van der Waals surface area contributed by atoms with E-state index in [1.54, 1.807) is 0 Å². The smallest absolute Gasteiger partial charge is 0.137 e. The standard InChI is InChI=1S/C15H22N2O2.CH4O/c1-4-16-15(11-18)10-13-6-8-14(9-7-13)12(3)17-19-5-2;1-2/h6-9,11,15-16H,4-5,10H2,1-3H3;2H,1H3/b17-12-;. The summed E-state index contributed by atoms with van der Waals surface area (Å²) < 4.78 is 0. The van der Waals surface area contributed by atoms with Gasteiger partial charge in [0.2, 0.25) is 0 Å². The molecule has 0 aliphatic rings. The van der Waals surface area contributed by atoms with Crippen LogP contribution in [-0.4, -0.2) is 43.4 Å². The SMILES string of the molecule is CCNC(C=O)Cc1ccc(/C(C)=N\OCC)cc1.CO. The quantitative estimate of drug-likeness (QED) is 0.435. The summed E-state index contributed by atoms with van der Waals surface area (Å²) in [5, 5.41) is 14.1. The topological polar surface area (TPSA) is 70.9 Å². The van der Waals surface area contributed by atoms with E-state index in [0.717, 1.165) is 36.8 Å². The number of aldehydes is 1. The van der Waals surface area contributed by atoms with Gasteiger partial charge in [-0.3, -0.25) is 0 Å². The Labute approximate surface area is 127 Å². The first-order chi connectivity index (χ1) is 10.2. The molecule has 0 aliphatic heterocycles. The van der Waals surface area contributed by atoms with Crippen molar-refractivity contribution in [1.29, 1.82) is 0 Å². The van der Waals surface area contributed by atoms with Gasteiger partial charge in [0, 0.05) is 7.11 Å². The number of nitrogens with zero attached hydrogens (tertiary/aromatic N) is 1. The van der Waals surface area contributed by atoms with Gasteiger partial charge in [-0.05, 0) is 37.9 Å². The zero-order chi connectivity index (χ0) is 16.1. The summed E-state index contributed by atoms with van der Waals surface area (Å²) in [7, 11) is 1.00. The molecular formula is C16H26N2O3. The van der Waals surface area contributed by atoms with Crippen molar-refractivity contribution in [3.63, 3.8) is 0 Å². The highest BCUT2D eigenvalue weighted by Crippen LogP contribution is 2.08. The number of benzene rings is 1. The Morgan fingerprint density at radius 1 is 1.33 bits per heavy atom. The van der Waals surface area contributed by atoms with Crippen LogP contribution in [0.3, 0.4) is 0 Å². The van der Waals surface area contributed by atoms with E-state index in [0.29, 0.717) is 13.0 Å². The molecule has 0 bridgehead atoms.